The average Bonchev–Trinajstić information content (AvgIpc) is 2.55. The van der Waals surface area contributed by atoms with Crippen molar-refractivity contribution in [3.05, 3.63) is 57.6 Å². The molecule has 0 aliphatic heterocycles. The number of nitrogens with zero attached hydrogens (tertiary/aromatic N) is 1. The minimum Gasteiger partial charge on any atom is -0.457 e. The van der Waals surface area contributed by atoms with Crippen LogP contribution in [0.3, 0.4) is 0 Å². The van der Waals surface area contributed by atoms with E-state index in [9.17, 15) is 27.9 Å². The van der Waals surface area contributed by atoms with Crippen molar-refractivity contribution < 1.29 is 31.9 Å². The first-order valence-electron chi connectivity index (χ1n) is 6.86. The Kier molecular flexibility index (Phi) is 5.49. The van der Waals surface area contributed by atoms with Crippen molar-refractivity contribution in [1.82, 2.24) is 0 Å². The Labute approximate surface area is 141 Å². The van der Waals surface area contributed by atoms with Gasteiger partial charge in [-0.2, -0.15) is 13.2 Å². The molecular formula is C15H13F3NO5P. The molecule has 0 spiro atoms. The van der Waals surface area contributed by atoms with Gasteiger partial charge in [-0.25, -0.2) is 0 Å². The number of hydrogen-bond acceptors (Lipinski definition) is 5. The van der Waals surface area contributed by atoms with Crippen molar-refractivity contribution in [3.8, 4) is 11.5 Å². The molecule has 2 aromatic rings. The summed E-state index contributed by atoms with van der Waals surface area (Å²) in [6.07, 6.45) is -4.46. The summed E-state index contributed by atoms with van der Waals surface area (Å²) in [5.41, 5.74) is -0.838. The number of hydrogen-bond donors (Lipinski definition) is 0. The van der Waals surface area contributed by atoms with Crippen LogP contribution in [0, 0.1) is 17.0 Å². The Morgan fingerprint density at radius 3 is 2.24 bits per heavy atom. The molecule has 0 saturated heterocycles. The van der Waals surface area contributed by atoms with Crippen molar-refractivity contribution in [2.75, 3.05) is 7.11 Å². The fraction of sp³-hybridized carbons (Fsp3) is 0.200. The van der Waals surface area contributed by atoms with Crippen LogP contribution in [-0.2, 0) is 15.3 Å². The van der Waals surface area contributed by atoms with Gasteiger partial charge in [0.05, 0.1) is 10.5 Å². The second-order valence-electron chi connectivity index (χ2n) is 5.01. The smallest absolute Gasteiger partial charge is 0.416 e. The van der Waals surface area contributed by atoms with E-state index in [0.717, 1.165) is 31.4 Å². The molecule has 0 saturated carbocycles. The van der Waals surface area contributed by atoms with Crippen LogP contribution < -0.4 is 10.0 Å². The van der Waals surface area contributed by atoms with E-state index in [2.05, 4.69) is 4.52 Å². The quantitative estimate of drug-likeness (QED) is 0.438. The first-order chi connectivity index (χ1) is 11.6. The molecule has 0 aliphatic carbocycles. The highest BCUT2D eigenvalue weighted by atomic mass is 31.1. The van der Waals surface area contributed by atoms with Crippen LogP contribution in [0.15, 0.2) is 36.4 Å². The molecule has 0 N–H and O–H groups in total. The van der Waals surface area contributed by atoms with Crippen LogP contribution in [-0.4, -0.2) is 12.0 Å². The highest BCUT2D eigenvalue weighted by Crippen LogP contribution is 2.35. The summed E-state index contributed by atoms with van der Waals surface area (Å²) in [6, 6.07) is 6.35. The van der Waals surface area contributed by atoms with Gasteiger partial charge in [0.2, 0.25) is 8.03 Å². The molecule has 0 amide bonds. The van der Waals surface area contributed by atoms with Gasteiger partial charge < -0.3 is 9.26 Å². The first-order valence-corrected chi connectivity index (χ1v) is 8.17. The highest BCUT2D eigenvalue weighted by molar-refractivity contribution is 7.48. The third kappa shape index (κ3) is 4.37. The predicted molar refractivity (Wildman–Crippen MR) is 85.0 cm³/mol. The van der Waals surface area contributed by atoms with Crippen LogP contribution >= 0.6 is 8.03 Å². The Morgan fingerprint density at radius 1 is 1.16 bits per heavy atom. The van der Waals surface area contributed by atoms with Crippen LogP contribution in [0.2, 0.25) is 0 Å². The van der Waals surface area contributed by atoms with E-state index >= 15 is 0 Å². The first kappa shape index (κ1) is 19.0. The molecule has 0 aliphatic rings. The van der Waals surface area contributed by atoms with Gasteiger partial charge in [-0.3, -0.25) is 14.7 Å². The molecule has 0 fully saturated rings. The fourth-order valence-electron chi connectivity index (χ4n) is 2.05. The highest BCUT2D eigenvalue weighted by Gasteiger charge is 2.30. The number of nitro groups is 1. The molecule has 0 radical (unpaired) electrons. The van der Waals surface area contributed by atoms with Crippen LogP contribution in [0.25, 0.3) is 0 Å². The van der Waals surface area contributed by atoms with Crippen molar-refractivity contribution in [3.63, 3.8) is 0 Å². The predicted octanol–water partition coefficient (Wildman–Crippen LogP) is 4.46. The zero-order chi connectivity index (χ0) is 18.8. The standard InChI is InChI=1S/C15H13F3NO5P/c1-9-7-12(19(20)21)14(25(22)23-2)8-13(9)24-11-5-3-10(4-6-11)15(16,17)18/h3-8,25H,1-2H3. The summed E-state index contributed by atoms with van der Waals surface area (Å²) in [6.45, 7) is 1.53. The zero-order valence-electron chi connectivity index (χ0n) is 13.1. The second-order valence-corrected chi connectivity index (χ2v) is 6.53. The molecule has 0 heterocycles. The summed E-state index contributed by atoms with van der Waals surface area (Å²) in [7, 11) is -1.70. The van der Waals surface area contributed by atoms with E-state index in [0.29, 0.717) is 5.56 Å². The van der Waals surface area contributed by atoms with E-state index < -0.39 is 24.7 Å². The van der Waals surface area contributed by atoms with Gasteiger partial charge in [-0.1, -0.05) is 0 Å². The maximum atomic E-state index is 12.6. The number of nitro benzene ring substituents is 1. The number of ether oxygens (including phenoxy) is 1. The lowest BCUT2D eigenvalue weighted by molar-refractivity contribution is -0.383. The minimum absolute atomic E-state index is 0.105. The van der Waals surface area contributed by atoms with Crippen LogP contribution in [0.1, 0.15) is 11.1 Å². The molecular weight excluding hydrogens is 362 g/mol. The number of aryl methyl sites for hydroxylation is 1. The average molecular weight is 375 g/mol. The molecule has 0 aromatic heterocycles. The zero-order valence-corrected chi connectivity index (χ0v) is 14.1. The topological polar surface area (TPSA) is 78.7 Å². The summed E-state index contributed by atoms with van der Waals surface area (Å²) < 4.78 is 59.7. The lowest BCUT2D eigenvalue weighted by atomic mass is 10.2. The summed E-state index contributed by atoms with van der Waals surface area (Å²) in [5.74, 6) is 0.240. The van der Waals surface area contributed by atoms with E-state index in [1.807, 2.05) is 0 Å². The number of benzene rings is 2. The van der Waals surface area contributed by atoms with Crippen molar-refractivity contribution in [2.24, 2.45) is 0 Å². The maximum absolute atomic E-state index is 12.6. The van der Waals surface area contributed by atoms with Gasteiger partial charge in [0.1, 0.15) is 16.8 Å². The third-order valence-corrected chi connectivity index (χ3v) is 4.52. The Bertz CT molecular complexity index is 821. The van der Waals surface area contributed by atoms with Gasteiger partial charge >= 0.3 is 6.18 Å². The minimum atomic E-state index is -4.46. The summed E-state index contributed by atoms with van der Waals surface area (Å²) in [4.78, 5) is 10.4. The molecule has 10 heteroatoms. The third-order valence-electron chi connectivity index (χ3n) is 3.30. The second kappa shape index (κ2) is 7.25. The Hall–Kier alpha value is -2.38. The molecule has 25 heavy (non-hydrogen) atoms. The van der Waals surface area contributed by atoms with E-state index in [-0.39, 0.29) is 22.5 Å². The van der Waals surface area contributed by atoms with Gasteiger partial charge in [-0.15, -0.1) is 0 Å². The van der Waals surface area contributed by atoms with Gasteiger partial charge in [0, 0.05) is 19.2 Å². The largest absolute Gasteiger partial charge is 0.457 e. The van der Waals surface area contributed by atoms with Crippen molar-refractivity contribution >= 4 is 19.0 Å². The normalized spacial score (nSPS) is 12.7. The van der Waals surface area contributed by atoms with Gasteiger partial charge in [0.15, 0.2) is 0 Å². The van der Waals surface area contributed by atoms with Crippen molar-refractivity contribution in [2.45, 2.75) is 13.1 Å². The summed E-state index contributed by atoms with van der Waals surface area (Å²) >= 11 is 0. The monoisotopic (exact) mass is 375 g/mol. The van der Waals surface area contributed by atoms with E-state index in [1.54, 1.807) is 0 Å². The van der Waals surface area contributed by atoms with Crippen LogP contribution in [0.4, 0.5) is 18.9 Å². The lowest BCUT2D eigenvalue weighted by Crippen LogP contribution is -2.08. The van der Waals surface area contributed by atoms with E-state index in [1.165, 1.54) is 19.1 Å². The lowest BCUT2D eigenvalue weighted by Gasteiger charge is -2.12. The molecule has 2 aromatic carbocycles. The van der Waals surface area contributed by atoms with Gasteiger partial charge in [0.25, 0.3) is 5.69 Å². The Balaban J connectivity index is 2.39. The fourth-order valence-corrected chi connectivity index (χ4v) is 2.89. The molecule has 1 atom stereocenters. The molecule has 134 valence electrons. The SMILES string of the molecule is CO[PH](=O)c1cc(Oc2ccc(C(F)(F)F)cc2)c(C)cc1[N+](=O)[O-]. The number of alkyl halides is 3. The number of rotatable bonds is 5. The summed E-state index contributed by atoms with van der Waals surface area (Å²) in [5, 5.41) is 10.9. The molecule has 1 unspecified atom stereocenters. The molecule has 0 bridgehead atoms. The van der Waals surface area contributed by atoms with Gasteiger partial charge in [-0.05, 0) is 36.8 Å². The van der Waals surface area contributed by atoms with E-state index in [4.69, 9.17) is 4.74 Å². The number of halogens is 3. The Morgan fingerprint density at radius 2 is 1.76 bits per heavy atom. The molecule has 6 nitrogen and oxygen atoms in total. The molecule has 2 rings (SSSR count). The maximum Gasteiger partial charge on any atom is 0.416 e. The van der Waals surface area contributed by atoms with Crippen molar-refractivity contribution in [1.29, 1.82) is 0 Å². The van der Waals surface area contributed by atoms with Crippen LogP contribution in [0.5, 0.6) is 11.5 Å².